The van der Waals surface area contributed by atoms with Crippen LogP contribution in [0.2, 0.25) is 0 Å². The van der Waals surface area contributed by atoms with Gasteiger partial charge in [0.25, 0.3) is 0 Å². The predicted molar refractivity (Wildman–Crippen MR) is 72.4 cm³/mol. The Morgan fingerprint density at radius 1 is 1.22 bits per heavy atom. The molecule has 96 valence electrons. The van der Waals surface area contributed by atoms with Crippen molar-refractivity contribution in [3.8, 4) is 0 Å². The molecule has 4 heteroatoms. The zero-order chi connectivity index (χ0) is 13.1. The molecule has 0 N–H and O–H groups in total. The summed E-state index contributed by atoms with van der Waals surface area (Å²) in [5.41, 5.74) is 1.50. The van der Waals surface area contributed by atoms with Crippen LogP contribution >= 0.6 is 22.9 Å². The second kappa shape index (κ2) is 5.81. The zero-order valence-electron chi connectivity index (χ0n) is 9.92. The van der Waals surface area contributed by atoms with Crippen molar-refractivity contribution in [1.82, 2.24) is 0 Å². The number of thiophene rings is 1. The summed E-state index contributed by atoms with van der Waals surface area (Å²) in [6, 6.07) is 6.22. The minimum atomic E-state index is -0.821. The molecule has 0 fully saturated rings. The van der Waals surface area contributed by atoms with Crippen LogP contribution in [0.1, 0.15) is 28.3 Å². The molecule has 1 atom stereocenters. The lowest BCUT2D eigenvalue weighted by atomic mass is 10.1. The molecular weight excluding hydrogens is 274 g/mol. The highest BCUT2D eigenvalue weighted by molar-refractivity contribution is 7.10. The number of hydrogen-bond acceptors (Lipinski definition) is 1. The van der Waals surface area contributed by atoms with E-state index in [1.807, 2.05) is 11.4 Å². The molecule has 0 saturated carbocycles. The molecule has 0 spiro atoms. The van der Waals surface area contributed by atoms with Gasteiger partial charge < -0.3 is 0 Å². The summed E-state index contributed by atoms with van der Waals surface area (Å²) in [5.74, 6) is -1.61. The van der Waals surface area contributed by atoms with Crippen molar-refractivity contribution in [1.29, 1.82) is 0 Å². The first-order valence-corrected chi connectivity index (χ1v) is 7.08. The van der Waals surface area contributed by atoms with Crippen LogP contribution in [0, 0.1) is 11.6 Å². The average Bonchev–Trinajstić information content (AvgIpc) is 2.83. The van der Waals surface area contributed by atoms with Gasteiger partial charge in [0.15, 0.2) is 11.6 Å². The Kier molecular flexibility index (Phi) is 4.36. The van der Waals surface area contributed by atoms with Crippen molar-refractivity contribution < 1.29 is 8.78 Å². The van der Waals surface area contributed by atoms with Gasteiger partial charge in [0.1, 0.15) is 0 Å². The molecule has 18 heavy (non-hydrogen) atoms. The number of rotatable bonds is 4. The maximum absolute atomic E-state index is 13.6. The Bertz CT molecular complexity index is 536. The molecule has 1 unspecified atom stereocenters. The topological polar surface area (TPSA) is 0 Å². The van der Waals surface area contributed by atoms with Crippen LogP contribution in [0.3, 0.4) is 0 Å². The van der Waals surface area contributed by atoms with E-state index in [9.17, 15) is 8.78 Å². The molecule has 0 amide bonds. The lowest BCUT2D eigenvalue weighted by Crippen LogP contribution is -2.00. The molecule has 2 aromatic rings. The molecule has 0 saturated heterocycles. The van der Waals surface area contributed by atoms with Gasteiger partial charge in [-0.1, -0.05) is 19.1 Å². The van der Waals surface area contributed by atoms with Gasteiger partial charge in [0, 0.05) is 4.88 Å². The first-order chi connectivity index (χ1) is 8.63. The third-order valence-electron chi connectivity index (χ3n) is 2.88. The van der Waals surface area contributed by atoms with Crippen LogP contribution < -0.4 is 0 Å². The third kappa shape index (κ3) is 2.73. The fourth-order valence-electron chi connectivity index (χ4n) is 1.91. The smallest absolute Gasteiger partial charge is 0.162 e. The second-order valence-electron chi connectivity index (χ2n) is 4.05. The second-order valence-corrected chi connectivity index (χ2v) is 5.52. The van der Waals surface area contributed by atoms with E-state index in [2.05, 4.69) is 6.92 Å². The van der Waals surface area contributed by atoms with Crippen molar-refractivity contribution in [2.45, 2.75) is 25.1 Å². The van der Waals surface area contributed by atoms with Crippen LogP contribution in [0.4, 0.5) is 8.78 Å². The summed E-state index contributed by atoms with van der Waals surface area (Å²) < 4.78 is 26.7. The van der Waals surface area contributed by atoms with Gasteiger partial charge >= 0.3 is 0 Å². The predicted octanol–water partition coefficient (Wildman–Crippen LogP) is 5.11. The van der Waals surface area contributed by atoms with Crippen molar-refractivity contribution in [3.63, 3.8) is 0 Å². The number of hydrogen-bond donors (Lipinski definition) is 0. The van der Waals surface area contributed by atoms with Crippen LogP contribution in [0.5, 0.6) is 0 Å². The maximum atomic E-state index is 13.6. The van der Waals surface area contributed by atoms with E-state index in [0.29, 0.717) is 12.0 Å². The monoisotopic (exact) mass is 286 g/mol. The van der Waals surface area contributed by atoms with Crippen LogP contribution in [-0.2, 0) is 12.8 Å². The molecule has 1 aromatic heterocycles. The molecule has 1 aromatic carbocycles. The Morgan fingerprint density at radius 2 is 2.00 bits per heavy atom. The highest BCUT2D eigenvalue weighted by Gasteiger charge is 2.17. The first kappa shape index (κ1) is 13.5. The average molecular weight is 287 g/mol. The third-order valence-corrected chi connectivity index (χ3v) is 4.45. The van der Waals surface area contributed by atoms with E-state index >= 15 is 0 Å². The lowest BCUT2D eigenvalue weighted by Gasteiger charge is -2.11. The van der Waals surface area contributed by atoms with Crippen molar-refractivity contribution in [2.24, 2.45) is 0 Å². The van der Waals surface area contributed by atoms with Gasteiger partial charge in [0.2, 0.25) is 0 Å². The van der Waals surface area contributed by atoms with Crippen LogP contribution in [0.15, 0.2) is 29.6 Å². The van der Waals surface area contributed by atoms with Crippen LogP contribution in [0.25, 0.3) is 0 Å². The first-order valence-electron chi connectivity index (χ1n) is 5.76. The molecule has 0 aliphatic heterocycles. The quantitative estimate of drug-likeness (QED) is 0.685. The fourth-order valence-corrected chi connectivity index (χ4v) is 3.34. The normalized spacial score (nSPS) is 12.7. The van der Waals surface area contributed by atoms with Crippen molar-refractivity contribution in [2.75, 3.05) is 0 Å². The van der Waals surface area contributed by atoms with E-state index < -0.39 is 11.6 Å². The highest BCUT2D eigenvalue weighted by atomic mass is 35.5. The molecule has 0 nitrogen and oxygen atoms in total. The summed E-state index contributed by atoms with van der Waals surface area (Å²) in [4.78, 5) is 1.04. The Labute approximate surface area is 114 Å². The Balaban J connectivity index is 2.21. The van der Waals surface area contributed by atoms with Gasteiger partial charge in [-0.25, -0.2) is 8.78 Å². The van der Waals surface area contributed by atoms with E-state index in [1.165, 1.54) is 11.6 Å². The summed E-state index contributed by atoms with van der Waals surface area (Å²) in [6.45, 7) is 2.05. The van der Waals surface area contributed by atoms with Crippen LogP contribution in [-0.4, -0.2) is 0 Å². The Hall–Kier alpha value is -0.930. The van der Waals surface area contributed by atoms with Crippen molar-refractivity contribution >= 4 is 22.9 Å². The molecule has 0 radical (unpaired) electrons. The summed E-state index contributed by atoms with van der Waals surface area (Å²) in [7, 11) is 0. The van der Waals surface area contributed by atoms with E-state index in [4.69, 9.17) is 11.6 Å². The molecule has 0 aliphatic rings. The summed E-state index contributed by atoms with van der Waals surface area (Å²) in [6.07, 6.45) is 1.20. The molecular formula is C14H13ClF2S. The maximum Gasteiger partial charge on any atom is 0.162 e. The van der Waals surface area contributed by atoms with E-state index in [1.54, 1.807) is 17.4 Å². The molecule has 1 heterocycles. The van der Waals surface area contributed by atoms with Gasteiger partial charge in [-0.15, -0.1) is 22.9 Å². The minimum Gasteiger partial charge on any atom is -0.204 e. The number of alkyl halides is 1. The largest absolute Gasteiger partial charge is 0.204 e. The van der Waals surface area contributed by atoms with Gasteiger partial charge in [0.05, 0.1) is 5.38 Å². The molecule has 0 bridgehead atoms. The van der Waals surface area contributed by atoms with Gasteiger partial charge in [-0.3, -0.25) is 0 Å². The number of halogens is 3. The van der Waals surface area contributed by atoms with Gasteiger partial charge in [-0.2, -0.15) is 0 Å². The van der Waals surface area contributed by atoms with E-state index in [-0.39, 0.29) is 5.38 Å². The summed E-state index contributed by atoms with van der Waals surface area (Å²) in [5, 5.41) is 1.67. The molecule has 0 aliphatic carbocycles. The highest BCUT2D eigenvalue weighted by Crippen LogP contribution is 2.33. The number of benzene rings is 1. The minimum absolute atomic E-state index is 0.304. The SMILES string of the molecule is CCc1ccsc1C(Cl)Cc1cccc(F)c1F. The Morgan fingerprint density at radius 3 is 2.72 bits per heavy atom. The summed E-state index contributed by atoms with van der Waals surface area (Å²) >= 11 is 7.88. The van der Waals surface area contributed by atoms with E-state index in [0.717, 1.165) is 17.4 Å². The molecule has 2 rings (SSSR count). The number of aryl methyl sites for hydroxylation is 1. The van der Waals surface area contributed by atoms with Gasteiger partial charge in [-0.05, 0) is 41.5 Å². The van der Waals surface area contributed by atoms with Crippen molar-refractivity contribution in [3.05, 3.63) is 57.3 Å². The standard InChI is InChI=1S/C14H13ClF2S/c1-2-9-6-7-18-14(9)11(15)8-10-4-3-5-12(16)13(10)17/h3-7,11H,2,8H2,1H3. The fraction of sp³-hybridized carbons (Fsp3) is 0.286. The lowest BCUT2D eigenvalue weighted by molar-refractivity contribution is 0.498. The zero-order valence-corrected chi connectivity index (χ0v) is 11.5.